The third-order valence-electron chi connectivity index (χ3n) is 2.43. The van der Waals surface area contributed by atoms with Crippen LogP contribution in [0.25, 0.3) is 5.65 Å². The summed E-state index contributed by atoms with van der Waals surface area (Å²) < 4.78 is 6.40. The van der Waals surface area contributed by atoms with Crippen molar-refractivity contribution in [2.24, 2.45) is 0 Å². The van der Waals surface area contributed by atoms with Gasteiger partial charge in [0.25, 0.3) is 0 Å². The normalized spacial score (nSPS) is 10.5. The Hall–Kier alpha value is -2.18. The number of esters is 1. The average Bonchev–Trinajstić information content (AvgIpc) is 2.83. The zero-order valence-electron chi connectivity index (χ0n) is 9.70. The molecule has 90 valence electrons. The van der Waals surface area contributed by atoms with Gasteiger partial charge < -0.3 is 9.64 Å². The van der Waals surface area contributed by atoms with Crippen LogP contribution in [0, 0.1) is 0 Å². The van der Waals surface area contributed by atoms with Gasteiger partial charge in [0.2, 0.25) is 5.65 Å². The third kappa shape index (κ3) is 2.17. The Kier molecular flexibility index (Phi) is 3.17. The fraction of sp³-hybridized carbons (Fsp3) is 0.400. The van der Waals surface area contributed by atoms with E-state index in [2.05, 4.69) is 19.9 Å². The standard InChI is InChI=1S/C10H13N5O2/c1-3-14(6-8(16)17-2)9-10-13-12-7-15(10)5-4-11-9/h4-5,7H,3,6H2,1-2H3. The van der Waals surface area contributed by atoms with Gasteiger partial charge in [0.1, 0.15) is 12.9 Å². The molecule has 7 nitrogen and oxygen atoms in total. The maximum atomic E-state index is 11.3. The van der Waals surface area contributed by atoms with Crippen molar-refractivity contribution >= 4 is 17.4 Å². The number of likely N-dealkylation sites (N-methyl/N-ethyl adjacent to an activating group) is 1. The first-order chi connectivity index (χ1) is 8.26. The fourth-order valence-corrected chi connectivity index (χ4v) is 1.53. The molecule has 2 heterocycles. The molecule has 0 spiro atoms. The third-order valence-corrected chi connectivity index (χ3v) is 2.43. The lowest BCUT2D eigenvalue weighted by Crippen LogP contribution is -2.31. The molecule has 0 unspecified atom stereocenters. The number of ether oxygens (including phenoxy) is 1. The van der Waals surface area contributed by atoms with Gasteiger partial charge in [-0.2, -0.15) is 0 Å². The van der Waals surface area contributed by atoms with Crippen molar-refractivity contribution < 1.29 is 9.53 Å². The van der Waals surface area contributed by atoms with E-state index in [9.17, 15) is 4.79 Å². The van der Waals surface area contributed by atoms with Gasteiger partial charge in [-0.15, -0.1) is 10.2 Å². The van der Waals surface area contributed by atoms with Crippen molar-refractivity contribution in [3.8, 4) is 0 Å². The van der Waals surface area contributed by atoms with Crippen LogP contribution in [0.3, 0.4) is 0 Å². The number of carbonyl (C=O) groups is 1. The second kappa shape index (κ2) is 4.77. The maximum Gasteiger partial charge on any atom is 0.325 e. The molecule has 0 saturated heterocycles. The topological polar surface area (TPSA) is 72.6 Å². The van der Waals surface area contributed by atoms with Crippen LogP contribution in [-0.2, 0) is 9.53 Å². The van der Waals surface area contributed by atoms with E-state index in [-0.39, 0.29) is 12.5 Å². The maximum absolute atomic E-state index is 11.3. The van der Waals surface area contributed by atoms with Crippen LogP contribution in [0.15, 0.2) is 18.7 Å². The number of hydrogen-bond acceptors (Lipinski definition) is 6. The highest BCUT2D eigenvalue weighted by Crippen LogP contribution is 2.15. The lowest BCUT2D eigenvalue weighted by Gasteiger charge is -2.20. The first-order valence-electron chi connectivity index (χ1n) is 5.22. The highest BCUT2D eigenvalue weighted by Gasteiger charge is 2.15. The number of rotatable bonds is 4. The van der Waals surface area contributed by atoms with E-state index in [1.54, 1.807) is 28.0 Å². The van der Waals surface area contributed by atoms with Crippen molar-refractivity contribution in [2.75, 3.05) is 25.1 Å². The number of fused-ring (bicyclic) bond motifs is 1. The summed E-state index contributed by atoms with van der Waals surface area (Å²) in [5.74, 6) is 0.313. The van der Waals surface area contributed by atoms with Gasteiger partial charge in [0.15, 0.2) is 5.82 Å². The van der Waals surface area contributed by atoms with E-state index in [1.807, 2.05) is 6.92 Å². The summed E-state index contributed by atoms with van der Waals surface area (Å²) >= 11 is 0. The number of hydrogen-bond donors (Lipinski definition) is 0. The average molecular weight is 235 g/mol. The monoisotopic (exact) mass is 235 g/mol. The van der Waals surface area contributed by atoms with E-state index in [0.29, 0.717) is 18.0 Å². The molecular formula is C10H13N5O2. The molecule has 17 heavy (non-hydrogen) atoms. The quantitative estimate of drug-likeness (QED) is 0.701. The Balaban J connectivity index is 2.35. The first-order valence-corrected chi connectivity index (χ1v) is 5.22. The largest absolute Gasteiger partial charge is 0.468 e. The van der Waals surface area contributed by atoms with E-state index in [1.165, 1.54) is 7.11 Å². The fourth-order valence-electron chi connectivity index (χ4n) is 1.53. The second-order valence-electron chi connectivity index (χ2n) is 3.40. The van der Waals surface area contributed by atoms with E-state index < -0.39 is 0 Å². The first kappa shape index (κ1) is 11.3. The van der Waals surface area contributed by atoms with Crippen molar-refractivity contribution in [1.29, 1.82) is 0 Å². The number of aromatic nitrogens is 4. The number of anilines is 1. The molecule has 7 heteroatoms. The molecule has 2 rings (SSSR count). The number of carbonyl (C=O) groups excluding carboxylic acids is 1. The van der Waals surface area contributed by atoms with Crippen LogP contribution >= 0.6 is 0 Å². The predicted octanol–water partition coefficient (Wildman–Crippen LogP) is 0.124. The zero-order valence-corrected chi connectivity index (χ0v) is 9.70. The molecule has 2 aromatic heterocycles. The molecule has 0 fully saturated rings. The molecular weight excluding hydrogens is 222 g/mol. The summed E-state index contributed by atoms with van der Waals surface area (Å²) in [5, 5.41) is 7.79. The Morgan fingerprint density at radius 1 is 1.59 bits per heavy atom. The van der Waals surface area contributed by atoms with Crippen molar-refractivity contribution in [2.45, 2.75) is 6.92 Å². The molecule has 0 aliphatic carbocycles. The predicted molar refractivity (Wildman–Crippen MR) is 60.7 cm³/mol. The molecule has 0 aromatic carbocycles. The summed E-state index contributed by atoms with van der Waals surface area (Å²) in [6.45, 7) is 2.71. The number of nitrogens with zero attached hydrogens (tertiary/aromatic N) is 5. The molecule has 0 aliphatic rings. The van der Waals surface area contributed by atoms with Gasteiger partial charge >= 0.3 is 5.97 Å². The van der Waals surface area contributed by atoms with Gasteiger partial charge in [-0.25, -0.2) is 4.98 Å². The molecule has 0 atom stereocenters. The molecule has 0 N–H and O–H groups in total. The van der Waals surface area contributed by atoms with Crippen LogP contribution in [0.4, 0.5) is 5.82 Å². The summed E-state index contributed by atoms with van der Waals surface area (Å²) in [5.41, 5.74) is 0.623. The highest BCUT2D eigenvalue weighted by molar-refractivity contribution is 5.77. The lowest BCUT2D eigenvalue weighted by molar-refractivity contribution is -0.138. The lowest BCUT2D eigenvalue weighted by atomic mass is 10.4. The van der Waals surface area contributed by atoms with Gasteiger partial charge in [-0.3, -0.25) is 9.20 Å². The van der Waals surface area contributed by atoms with Crippen molar-refractivity contribution in [1.82, 2.24) is 19.6 Å². The molecule has 2 aromatic rings. The Labute approximate surface area is 98.0 Å². The van der Waals surface area contributed by atoms with Crippen LogP contribution in [0.5, 0.6) is 0 Å². The molecule has 0 saturated carbocycles. The molecule has 0 aliphatic heterocycles. The van der Waals surface area contributed by atoms with Gasteiger partial charge in [0.05, 0.1) is 7.11 Å². The minimum Gasteiger partial charge on any atom is -0.468 e. The van der Waals surface area contributed by atoms with Gasteiger partial charge in [-0.1, -0.05) is 0 Å². The summed E-state index contributed by atoms with van der Waals surface area (Å²) in [7, 11) is 1.36. The number of methoxy groups -OCH3 is 1. The second-order valence-corrected chi connectivity index (χ2v) is 3.40. The van der Waals surface area contributed by atoms with Crippen LogP contribution < -0.4 is 4.90 Å². The SMILES string of the molecule is CCN(CC(=O)OC)c1nccn2cnnc12. The van der Waals surface area contributed by atoms with Crippen LogP contribution in [0.1, 0.15) is 6.92 Å². The van der Waals surface area contributed by atoms with Gasteiger partial charge in [-0.05, 0) is 6.92 Å². The summed E-state index contributed by atoms with van der Waals surface area (Å²) in [6, 6.07) is 0. The minimum absolute atomic E-state index is 0.145. The molecule has 0 radical (unpaired) electrons. The Morgan fingerprint density at radius 2 is 2.41 bits per heavy atom. The Bertz CT molecular complexity index is 524. The zero-order chi connectivity index (χ0) is 12.3. The van der Waals surface area contributed by atoms with Crippen LogP contribution in [-0.4, -0.2) is 45.8 Å². The van der Waals surface area contributed by atoms with E-state index in [0.717, 1.165) is 0 Å². The van der Waals surface area contributed by atoms with E-state index >= 15 is 0 Å². The summed E-state index contributed by atoms with van der Waals surface area (Å²) in [4.78, 5) is 17.3. The summed E-state index contributed by atoms with van der Waals surface area (Å²) in [6.07, 6.45) is 4.99. The Morgan fingerprint density at radius 3 is 3.12 bits per heavy atom. The molecule has 0 bridgehead atoms. The smallest absolute Gasteiger partial charge is 0.325 e. The van der Waals surface area contributed by atoms with Crippen molar-refractivity contribution in [3.63, 3.8) is 0 Å². The van der Waals surface area contributed by atoms with Crippen molar-refractivity contribution in [3.05, 3.63) is 18.7 Å². The molecule has 0 amide bonds. The van der Waals surface area contributed by atoms with E-state index in [4.69, 9.17) is 0 Å². The van der Waals surface area contributed by atoms with Gasteiger partial charge in [0, 0.05) is 18.9 Å². The van der Waals surface area contributed by atoms with Crippen LogP contribution in [0.2, 0.25) is 0 Å². The highest BCUT2D eigenvalue weighted by atomic mass is 16.5. The minimum atomic E-state index is -0.310.